The van der Waals surface area contributed by atoms with Crippen LogP contribution in [0.4, 0.5) is 0 Å². The molecule has 20 heavy (non-hydrogen) atoms. The molecule has 2 atom stereocenters. The minimum Gasteiger partial charge on any atom is -0.423 e. The van der Waals surface area contributed by atoms with Gasteiger partial charge in [0, 0.05) is 6.42 Å². The molecule has 0 bridgehead atoms. The van der Waals surface area contributed by atoms with E-state index in [4.69, 9.17) is 10.2 Å². The molecule has 4 heteroatoms. The molecular formula is C16H23N3O. The molecule has 1 aromatic carbocycles. The van der Waals surface area contributed by atoms with E-state index in [2.05, 4.69) is 37.9 Å². The molecule has 2 N–H and O–H groups in total. The van der Waals surface area contributed by atoms with Crippen LogP contribution in [0.1, 0.15) is 51.1 Å². The van der Waals surface area contributed by atoms with Crippen LogP contribution in [0.25, 0.3) is 0 Å². The smallest absolute Gasteiger partial charge is 0.237 e. The van der Waals surface area contributed by atoms with Gasteiger partial charge in [-0.3, -0.25) is 0 Å². The maximum atomic E-state index is 6.15. The molecule has 0 aliphatic carbocycles. The summed E-state index contributed by atoms with van der Waals surface area (Å²) in [5, 5.41) is 8.21. The molecule has 4 nitrogen and oxygen atoms in total. The Morgan fingerprint density at radius 1 is 1.15 bits per heavy atom. The maximum Gasteiger partial charge on any atom is 0.237 e. The first-order valence-electron chi connectivity index (χ1n) is 7.00. The van der Waals surface area contributed by atoms with Gasteiger partial charge in [0.05, 0.1) is 0 Å². The zero-order valence-electron chi connectivity index (χ0n) is 12.6. The van der Waals surface area contributed by atoms with Gasteiger partial charge in [-0.2, -0.15) is 0 Å². The first-order valence-corrected chi connectivity index (χ1v) is 7.00. The lowest BCUT2D eigenvalue weighted by molar-refractivity contribution is 0.243. The molecule has 0 saturated carbocycles. The highest BCUT2D eigenvalue weighted by Gasteiger charge is 2.23. The second-order valence-electron chi connectivity index (χ2n) is 6.39. The molecule has 0 amide bonds. The molecule has 0 radical (unpaired) electrons. The van der Waals surface area contributed by atoms with Gasteiger partial charge >= 0.3 is 0 Å². The Balaban J connectivity index is 2.10. The number of nitrogens with zero attached hydrogens (tertiary/aromatic N) is 2. The third-order valence-electron chi connectivity index (χ3n) is 3.87. The van der Waals surface area contributed by atoms with Gasteiger partial charge in [0.25, 0.3) is 0 Å². The largest absolute Gasteiger partial charge is 0.423 e. The predicted octanol–water partition coefficient (Wildman–Crippen LogP) is 3.34. The van der Waals surface area contributed by atoms with Gasteiger partial charge in [0.1, 0.15) is 6.04 Å². The summed E-state index contributed by atoms with van der Waals surface area (Å²) < 4.78 is 5.72. The van der Waals surface area contributed by atoms with E-state index in [0.717, 1.165) is 12.0 Å². The normalized spacial score (nSPS) is 15.1. The van der Waals surface area contributed by atoms with E-state index in [0.29, 0.717) is 17.7 Å². The van der Waals surface area contributed by atoms with Gasteiger partial charge in [0.2, 0.25) is 11.8 Å². The lowest BCUT2D eigenvalue weighted by atomic mass is 9.80. The molecule has 1 heterocycles. The standard InChI is InChI=1S/C16H23N3O/c1-11(16(2,3)4)10-13-18-19-15(20-13)14(17)12-8-6-5-7-9-12/h5-9,11,14H,10,17H2,1-4H3. The highest BCUT2D eigenvalue weighted by Crippen LogP contribution is 2.28. The van der Waals surface area contributed by atoms with Crippen LogP contribution in [0.3, 0.4) is 0 Å². The van der Waals surface area contributed by atoms with E-state index in [9.17, 15) is 0 Å². The Labute approximate surface area is 120 Å². The van der Waals surface area contributed by atoms with Crippen molar-refractivity contribution in [1.29, 1.82) is 0 Å². The zero-order chi connectivity index (χ0) is 14.8. The summed E-state index contributed by atoms with van der Waals surface area (Å²) in [5.41, 5.74) is 7.35. The van der Waals surface area contributed by atoms with Crippen LogP contribution in [0.15, 0.2) is 34.7 Å². The van der Waals surface area contributed by atoms with E-state index >= 15 is 0 Å². The molecule has 0 spiro atoms. The summed E-state index contributed by atoms with van der Waals surface area (Å²) in [6, 6.07) is 9.43. The lowest BCUT2D eigenvalue weighted by Gasteiger charge is -2.25. The summed E-state index contributed by atoms with van der Waals surface area (Å²) in [7, 11) is 0. The second kappa shape index (κ2) is 5.75. The number of hydrogen-bond acceptors (Lipinski definition) is 4. The summed E-state index contributed by atoms with van der Waals surface area (Å²) >= 11 is 0. The molecule has 1 aromatic heterocycles. The van der Waals surface area contributed by atoms with E-state index in [1.165, 1.54) is 0 Å². The van der Waals surface area contributed by atoms with Crippen molar-refractivity contribution in [3.8, 4) is 0 Å². The van der Waals surface area contributed by atoms with Gasteiger partial charge in [-0.25, -0.2) is 0 Å². The van der Waals surface area contributed by atoms with E-state index < -0.39 is 0 Å². The Bertz CT molecular complexity index is 542. The second-order valence-corrected chi connectivity index (χ2v) is 6.39. The first-order chi connectivity index (χ1) is 9.38. The third-order valence-corrected chi connectivity index (χ3v) is 3.87. The van der Waals surface area contributed by atoms with Crippen LogP contribution in [0.2, 0.25) is 0 Å². The van der Waals surface area contributed by atoms with Crippen molar-refractivity contribution in [2.75, 3.05) is 0 Å². The molecule has 108 valence electrons. The Morgan fingerprint density at radius 2 is 1.80 bits per heavy atom. The Hall–Kier alpha value is -1.68. The Kier molecular flexibility index (Phi) is 4.23. The molecule has 2 unspecified atom stereocenters. The van der Waals surface area contributed by atoms with Gasteiger partial charge in [-0.1, -0.05) is 58.0 Å². The number of nitrogens with two attached hydrogens (primary N) is 1. The minimum absolute atomic E-state index is 0.218. The van der Waals surface area contributed by atoms with Gasteiger partial charge in [-0.15, -0.1) is 10.2 Å². The lowest BCUT2D eigenvalue weighted by Crippen LogP contribution is -2.19. The fourth-order valence-electron chi connectivity index (χ4n) is 1.85. The van der Waals surface area contributed by atoms with Crippen molar-refractivity contribution >= 4 is 0 Å². The van der Waals surface area contributed by atoms with Crippen LogP contribution in [0, 0.1) is 11.3 Å². The summed E-state index contributed by atoms with van der Waals surface area (Å²) in [6.07, 6.45) is 0.776. The molecule has 0 fully saturated rings. The molecule has 0 aliphatic heterocycles. The number of benzene rings is 1. The first kappa shape index (κ1) is 14.7. The van der Waals surface area contributed by atoms with Crippen LogP contribution in [0.5, 0.6) is 0 Å². The molecular weight excluding hydrogens is 250 g/mol. The monoisotopic (exact) mass is 273 g/mol. The van der Waals surface area contributed by atoms with E-state index in [-0.39, 0.29) is 11.5 Å². The average molecular weight is 273 g/mol. The fraction of sp³-hybridized carbons (Fsp3) is 0.500. The minimum atomic E-state index is -0.359. The molecule has 0 aliphatic rings. The van der Waals surface area contributed by atoms with Crippen molar-refractivity contribution < 1.29 is 4.42 Å². The fourth-order valence-corrected chi connectivity index (χ4v) is 1.85. The molecule has 0 saturated heterocycles. The Morgan fingerprint density at radius 3 is 2.40 bits per heavy atom. The van der Waals surface area contributed by atoms with Crippen LogP contribution in [-0.4, -0.2) is 10.2 Å². The number of aromatic nitrogens is 2. The predicted molar refractivity (Wildman–Crippen MR) is 79.1 cm³/mol. The van der Waals surface area contributed by atoms with E-state index in [1.54, 1.807) is 0 Å². The third kappa shape index (κ3) is 3.45. The quantitative estimate of drug-likeness (QED) is 0.927. The highest BCUT2D eigenvalue weighted by molar-refractivity contribution is 5.22. The molecule has 2 rings (SSSR count). The molecule has 2 aromatic rings. The average Bonchev–Trinajstić information content (AvgIpc) is 2.86. The van der Waals surface area contributed by atoms with E-state index in [1.807, 2.05) is 30.3 Å². The summed E-state index contributed by atoms with van der Waals surface area (Å²) in [6.45, 7) is 8.83. The van der Waals surface area contributed by atoms with Crippen molar-refractivity contribution in [2.24, 2.45) is 17.1 Å². The van der Waals surface area contributed by atoms with Gasteiger partial charge < -0.3 is 10.2 Å². The van der Waals surface area contributed by atoms with Crippen molar-refractivity contribution in [1.82, 2.24) is 10.2 Å². The van der Waals surface area contributed by atoms with Crippen LogP contribution >= 0.6 is 0 Å². The SMILES string of the molecule is CC(Cc1nnc(C(N)c2ccccc2)o1)C(C)(C)C. The number of hydrogen-bond donors (Lipinski definition) is 1. The summed E-state index contributed by atoms with van der Waals surface area (Å²) in [5.74, 6) is 1.60. The van der Waals surface area contributed by atoms with Crippen LogP contribution < -0.4 is 5.73 Å². The summed E-state index contributed by atoms with van der Waals surface area (Å²) in [4.78, 5) is 0. The zero-order valence-corrected chi connectivity index (χ0v) is 12.6. The number of rotatable bonds is 4. The van der Waals surface area contributed by atoms with Gasteiger partial charge in [-0.05, 0) is 16.9 Å². The highest BCUT2D eigenvalue weighted by atomic mass is 16.4. The van der Waals surface area contributed by atoms with Crippen molar-refractivity contribution in [3.05, 3.63) is 47.7 Å². The van der Waals surface area contributed by atoms with Crippen molar-refractivity contribution in [2.45, 2.75) is 40.2 Å². The van der Waals surface area contributed by atoms with Crippen LogP contribution in [-0.2, 0) is 6.42 Å². The topological polar surface area (TPSA) is 64.9 Å². The maximum absolute atomic E-state index is 6.15. The van der Waals surface area contributed by atoms with Gasteiger partial charge in [0.15, 0.2) is 0 Å². The van der Waals surface area contributed by atoms with Crippen molar-refractivity contribution in [3.63, 3.8) is 0 Å².